The van der Waals surface area contributed by atoms with Crippen LogP contribution in [0.4, 0.5) is 5.69 Å². The molecule has 1 aromatic carbocycles. The molecule has 0 aliphatic carbocycles. The molecule has 2 rings (SSSR count). The monoisotopic (exact) mass is 332 g/mol. The molecule has 118 valence electrons. The van der Waals surface area contributed by atoms with Gasteiger partial charge >= 0.3 is 0 Å². The van der Waals surface area contributed by atoms with E-state index in [9.17, 15) is 13.2 Å². The Balaban J connectivity index is 0.00000220. The number of amides is 1. The number of carbonyl (C=O) groups excluding carboxylic acids is 1. The Hall–Kier alpha value is -1.11. The van der Waals surface area contributed by atoms with Crippen molar-refractivity contribution in [3.8, 4) is 0 Å². The van der Waals surface area contributed by atoms with Gasteiger partial charge in [0.2, 0.25) is 5.91 Å². The Morgan fingerprint density at radius 1 is 1.33 bits per heavy atom. The van der Waals surface area contributed by atoms with Gasteiger partial charge in [0.25, 0.3) is 0 Å². The molecule has 21 heavy (non-hydrogen) atoms. The number of aryl methyl sites for hydroxylation is 1. The molecule has 1 saturated heterocycles. The van der Waals surface area contributed by atoms with E-state index in [0.29, 0.717) is 6.42 Å². The fourth-order valence-corrected chi connectivity index (χ4v) is 2.80. The van der Waals surface area contributed by atoms with E-state index in [4.69, 9.17) is 0 Å². The summed E-state index contributed by atoms with van der Waals surface area (Å²) in [7, 11) is -2.94. The molecule has 1 amide bonds. The molecule has 0 saturated carbocycles. The molecule has 0 radical (unpaired) electrons. The van der Waals surface area contributed by atoms with Crippen molar-refractivity contribution in [2.24, 2.45) is 0 Å². The zero-order valence-electron chi connectivity index (χ0n) is 12.0. The van der Waals surface area contributed by atoms with E-state index in [1.54, 1.807) is 0 Å². The van der Waals surface area contributed by atoms with Crippen LogP contribution in [0.15, 0.2) is 24.3 Å². The van der Waals surface area contributed by atoms with Crippen molar-refractivity contribution >= 4 is 33.8 Å². The van der Waals surface area contributed by atoms with Crippen LogP contribution in [0.5, 0.6) is 0 Å². The van der Waals surface area contributed by atoms with E-state index >= 15 is 0 Å². The number of hydrogen-bond acceptors (Lipinski definition) is 4. The molecule has 0 bridgehead atoms. The van der Waals surface area contributed by atoms with Gasteiger partial charge in [-0.05, 0) is 43.5 Å². The molecule has 1 heterocycles. The number of rotatable bonds is 5. The van der Waals surface area contributed by atoms with Crippen LogP contribution in [-0.2, 0) is 21.1 Å². The summed E-state index contributed by atoms with van der Waals surface area (Å²) in [5.74, 6) is 0.136. The second-order valence-electron chi connectivity index (χ2n) is 5.21. The molecule has 1 atom stereocenters. The molecule has 1 aromatic rings. The van der Waals surface area contributed by atoms with Gasteiger partial charge in [-0.1, -0.05) is 12.1 Å². The lowest BCUT2D eigenvalue weighted by Gasteiger charge is -2.11. The fourth-order valence-electron chi connectivity index (χ4n) is 2.20. The summed E-state index contributed by atoms with van der Waals surface area (Å²) in [5, 5.41) is 6.01. The Labute approximate surface area is 131 Å². The third-order valence-electron chi connectivity index (χ3n) is 3.36. The minimum absolute atomic E-state index is 0. The summed E-state index contributed by atoms with van der Waals surface area (Å²) < 4.78 is 22.2. The number of hydrogen-bond donors (Lipinski definition) is 2. The first-order valence-corrected chi connectivity index (χ1v) is 8.81. The number of halogens is 1. The summed E-state index contributed by atoms with van der Waals surface area (Å²) in [4.78, 5) is 11.9. The Kier molecular flexibility index (Phi) is 6.64. The van der Waals surface area contributed by atoms with Gasteiger partial charge < -0.3 is 10.6 Å². The third kappa shape index (κ3) is 6.03. The topological polar surface area (TPSA) is 75.3 Å². The summed E-state index contributed by atoms with van der Waals surface area (Å²) >= 11 is 0. The predicted molar refractivity (Wildman–Crippen MR) is 86.8 cm³/mol. The first-order chi connectivity index (χ1) is 9.44. The van der Waals surface area contributed by atoms with Crippen LogP contribution in [0, 0.1) is 0 Å². The second-order valence-corrected chi connectivity index (χ2v) is 7.47. The number of sulfone groups is 1. The molecular formula is C14H21ClN2O3S. The van der Waals surface area contributed by atoms with Crippen molar-refractivity contribution < 1.29 is 13.2 Å². The smallest absolute Gasteiger partial charge is 0.241 e. The lowest BCUT2D eigenvalue weighted by Crippen LogP contribution is -2.35. The van der Waals surface area contributed by atoms with Gasteiger partial charge in [-0.25, -0.2) is 8.42 Å². The van der Waals surface area contributed by atoms with Crippen LogP contribution < -0.4 is 10.6 Å². The molecular weight excluding hydrogens is 312 g/mol. The van der Waals surface area contributed by atoms with Crippen molar-refractivity contribution in [3.05, 3.63) is 29.8 Å². The lowest BCUT2D eigenvalue weighted by atomic mass is 10.1. The average molecular weight is 333 g/mol. The normalized spacial score (nSPS) is 18.0. The standard InChI is InChI=1S/C14H20N2O3S.ClH/c1-20(18,19)10-8-11-4-6-12(7-5-11)16-14(17)13-3-2-9-15-13;/h4-7,13,15H,2-3,8-10H2,1H3,(H,16,17);1H. The summed E-state index contributed by atoms with van der Waals surface area (Å²) in [5.41, 5.74) is 1.69. The minimum atomic E-state index is -2.94. The van der Waals surface area contributed by atoms with E-state index in [1.165, 1.54) is 6.26 Å². The Morgan fingerprint density at radius 2 is 2.00 bits per heavy atom. The predicted octanol–water partition coefficient (Wildman–Crippen LogP) is 1.39. The van der Waals surface area contributed by atoms with Crippen LogP contribution in [0.3, 0.4) is 0 Å². The molecule has 1 unspecified atom stereocenters. The second kappa shape index (κ2) is 7.77. The molecule has 1 aliphatic rings. The first kappa shape index (κ1) is 17.9. The Bertz CT molecular complexity index is 566. The fraction of sp³-hybridized carbons (Fsp3) is 0.500. The van der Waals surface area contributed by atoms with E-state index in [-0.39, 0.29) is 30.1 Å². The third-order valence-corrected chi connectivity index (χ3v) is 4.31. The number of nitrogens with one attached hydrogen (secondary N) is 2. The van der Waals surface area contributed by atoms with E-state index < -0.39 is 9.84 Å². The van der Waals surface area contributed by atoms with Gasteiger partial charge in [0, 0.05) is 11.9 Å². The maximum Gasteiger partial charge on any atom is 0.241 e. The molecule has 7 heteroatoms. The average Bonchev–Trinajstić information content (AvgIpc) is 2.91. The molecule has 5 nitrogen and oxygen atoms in total. The maximum atomic E-state index is 11.9. The van der Waals surface area contributed by atoms with Gasteiger partial charge in [-0.2, -0.15) is 0 Å². The molecule has 1 fully saturated rings. The van der Waals surface area contributed by atoms with Crippen LogP contribution in [0.2, 0.25) is 0 Å². The van der Waals surface area contributed by atoms with Crippen LogP contribution in [0.25, 0.3) is 0 Å². The largest absolute Gasteiger partial charge is 0.325 e. The SMILES string of the molecule is CS(=O)(=O)CCc1ccc(NC(=O)C2CCCN2)cc1.Cl. The van der Waals surface area contributed by atoms with Crippen molar-refractivity contribution in [1.29, 1.82) is 0 Å². The highest BCUT2D eigenvalue weighted by Gasteiger charge is 2.21. The van der Waals surface area contributed by atoms with Crippen molar-refractivity contribution in [2.75, 3.05) is 23.9 Å². The molecule has 1 aliphatic heterocycles. The minimum Gasteiger partial charge on any atom is -0.325 e. The van der Waals surface area contributed by atoms with E-state index in [0.717, 1.165) is 30.6 Å². The van der Waals surface area contributed by atoms with Gasteiger partial charge in [0.15, 0.2) is 0 Å². The van der Waals surface area contributed by atoms with Gasteiger partial charge in [0.1, 0.15) is 9.84 Å². The van der Waals surface area contributed by atoms with Crippen LogP contribution in [0.1, 0.15) is 18.4 Å². The molecule has 0 aromatic heterocycles. The number of carbonyl (C=O) groups is 1. The van der Waals surface area contributed by atoms with Crippen LogP contribution >= 0.6 is 12.4 Å². The van der Waals surface area contributed by atoms with Crippen molar-refractivity contribution in [3.63, 3.8) is 0 Å². The van der Waals surface area contributed by atoms with Crippen molar-refractivity contribution in [1.82, 2.24) is 5.32 Å². The highest BCUT2D eigenvalue weighted by Crippen LogP contribution is 2.13. The zero-order chi connectivity index (χ0) is 14.6. The van der Waals surface area contributed by atoms with Gasteiger partial charge in [-0.3, -0.25) is 4.79 Å². The first-order valence-electron chi connectivity index (χ1n) is 6.75. The summed E-state index contributed by atoms with van der Waals surface area (Å²) in [6.45, 7) is 0.891. The highest BCUT2D eigenvalue weighted by molar-refractivity contribution is 7.90. The maximum absolute atomic E-state index is 11.9. The highest BCUT2D eigenvalue weighted by atomic mass is 35.5. The number of benzene rings is 1. The zero-order valence-corrected chi connectivity index (χ0v) is 13.6. The summed E-state index contributed by atoms with van der Waals surface area (Å²) in [6.07, 6.45) is 3.63. The quantitative estimate of drug-likeness (QED) is 0.854. The van der Waals surface area contributed by atoms with E-state index in [2.05, 4.69) is 10.6 Å². The molecule has 2 N–H and O–H groups in total. The summed E-state index contributed by atoms with van der Waals surface area (Å²) in [6, 6.07) is 7.22. The molecule has 0 spiro atoms. The number of anilines is 1. The van der Waals surface area contributed by atoms with Gasteiger partial charge in [-0.15, -0.1) is 12.4 Å². The van der Waals surface area contributed by atoms with Crippen molar-refractivity contribution in [2.45, 2.75) is 25.3 Å². The van der Waals surface area contributed by atoms with E-state index in [1.807, 2.05) is 24.3 Å². The van der Waals surface area contributed by atoms with Gasteiger partial charge in [0.05, 0.1) is 11.8 Å². The lowest BCUT2D eigenvalue weighted by molar-refractivity contribution is -0.117. The van der Waals surface area contributed by atoms with Crippen LogP contribution in [-0.4, -0.2) is 38.9 Å². The Morgan fingerprint density at radius 3 is 2.52 bits per heavy atom.